The van der Waals surface area contributed by atoms with Crippen molar-refractivity contribution in [2.24, 2.45) is 21.1 Å². The highest BCUT2D eigenvalue weighted by Gasteiger charge is 2.19. The van der Waals surface area contributed by atoms with Crippen molar-refractivity contribution in [2.45, 2.75) is 0 Å². The highest BCUT2D eigenvalue weighted by Crippen LogP contribution is 2.16. The summed E-state index contributed by atoms with van der Waals surface area (Å²) in [6.07, 6.45) is 0. The second kappa shape index (κ2) is 5.25. The average molecular weight is 310 g/mol. The molecular weight excluding hydrogens is 288 g/mol. The summed E-state index contributed by atoms with van der Waals surface area (Å²) in [6.45, 7) is 0.874. The van der Waals surface area contributed by atoms with Crippen molar-refractivity contribution in [3.05, 3.63) is 26.0 Å². The van der Waals surface area contributed by atoms with E-state index in [4.69, 9.17) is 0 Å². The molecule has 0 aliphatic rings. The third kappa shape index (κ3) is 2.64. The van der Waals surface area contributed by atoms with Gasteiger partial charge in [-0.15, -0.1) is 0 Å². The molecule has 2 heterocycles. The average Bonchev–Trinajstić information content (AvgIpc) is 2.77. The normalized spacial score (nSPS) is 12.1. The molecule has 9 nitrogen and oxygen atoms in total. The maximum absolute atomic E-state index is 12.3. The van der Waals surface area contributed by atoms with Gasteiger partial charge in [0.15, 0.2) is 11.2 Å². The number of likely N-dealkylation sites (N-methyl/N-ethyl adjacent to an activating group) is 2. The summed E-state index contributed by atoms with van der Waals surface area (Å²) in [4.78, 5) is 30.5. The van der Waals surface area contributed by atoms with Gasteiger partial charge in [0.2, 0.25) is 5.95 Å². The molecule has 0 aromatic carbocycles. The topological polar surface area (TPSA) is 88.1 Å². The van der Waals surface area contributed by atoms with Crippen LogP contribution in [0.25, 0.3) is 11.2 Å². The number of hydrogen-bond donors (Lipinski definition) is 0. The Morgan fingerprint density at radius 2 is 1.73 bits per heavy atom. The van der Waals surface area contributed by atoms with Gasteiger partial charge < -0.3 is 19.3 Å². The van der Waals surface area contributed by atoms with Crippen molar-refractivity contribution in [1.29, 1.82) is 0 Å². The van der Waals surface area contributed by atoms with Gasteiger partial charge in [0.25, 0.3) is 5.56 Å². The van der Waals surface area contributed by atoms with E-state index in [9.17, 15) is 14.8 Å². The molecule has 0 saturated heterocycles. The molecule has 2 aromatic rings. The number of hydroxylamine groups is 3. The van der Waals surface area contributed by atoms with E-state index < -0.39 is 10.3 Å². The van der Waals surface area contributed by atoms with Crippen molar-refractivity contribution >= 4 is 17.1 Å². The summed E-state index contributed by atoms with van der Waals surface area (Å²) in [5.74, 6) is 0.543. The fourth-order valence-corrected chi connectivity index (χ4v) is 2.34. The number of aryl methyl sites for hydroxylation is 2. The molecule has 0 saturated carbocycles. The number of fused-ring (bicyclic) bond motifs is 1. The van der Waals surface area contributed by atoms with Crippen LogP contribution in [0.3, 0.4) is 0 Å². The van der Waals surface area contributed by atoms with E-state index >= 15 is 0 Å². The summed E-state index contributed by atoms with van der Waals surface area (Å²) in [5.41, 5.74) is -0.0921. The zero-order valence-corrected chi connectivity index (χ0v) is 13.8. The van der Waals surface area contributed by atoms with Crippen molar-refractivity contribution < 1.29 is 4.65 Å². The number of hydrogen-bond acceptors (Lipinski definition) is 5. The van der Waals surface area contributed by atoms with Crippen LogP contribution in [0.5, 0.6) is 0 Å². The predicted octanol–water partition coefficient (Wildman–Crippen LogP) is -1.02. The largest absolute Gasteiger partial charge is 0.633 e. The standard InChI is InChI=1S/C13H22N6O3/c1-15(7-8-19(5,6)22)12-14-10-9(16(12)2)11(20)18(4)13(21)17(10)3/h7-8H2,1-6H3. The zero-order chi connectivity index (χ0) is 16.8. The van der Waals surface area contributed by atoms with E-state index in [1.54, 1.807) is 39.8 Å². The van der Waals surface area contributed by atoms with E-state index in [0.717, 1.165) is 4.57 Å². The van der Waals surface area contributed by atoms with Crippen LogP contribution >= 0.6 is 0 Å². The molecule has 9 heteroatoms. The summed E-state index contributed by atoms with van der Waals surface area (Å²) in [7, 11) is 9.70. The molecule has 122 valence electrons. The first-order valence-electron chi connectivity index (χ1n) is 6.92. The second-order valence-electron chi connectivity index (χ2n) is 6.07. The van der Waals surface area contributed by atoms with Crippen LogP contribution in [-0.2, 0) is 21.1 Å². The van der Waals surface area contributed by atoms with Gasteiger partial charge in [-0.2, -0.15) is 4.98 Å². The maximum Gasteiger partial charge on any atom is 0.332 e. The quantitative estimate of drug-likeness (QED) is 0.533. The summed E-state index contributed by atoms with van der Waals surface area (Å²) in [6, 6.07) is 0. The molecule has 0 amide bonds. The molecule has 0 unspecified atom stereocenters. The van der Waals surface area contributed by atoms with Gasteiger partial charge in [-0.05, 0) is 0 Å². The molecule has 0 atom stereocenters. The van der Waals surface area contributed by atoms with Gasteiger partial charge in [0, 0.05) is 28.2 Å². The minimum Gasteiger partial charge on any atom is -0.633 e. The first kappa shape index (κ1) is 16.2. The number of quaternary nitrogens is 1. The minimum absolute atomic E-state index is 0.341. The Kier molecular flexibility index (Phi) is 3.88. The predicted molar refractivity (Wildman–Crippen MR) is 84.8 cm³/mol. The fourth-order valence-electron chi connectivity index (χ4n) is 2.34. The van der Waals surface area contributed by atoms with Crippen molar-refractivity contribution in [3.63, 3.8) is 0 Å². The molecule has 2 aromatic heterocycles. The Morgan fingerprint density at radius 3 is 2.27 bits per heavy atom. The molecule has 0 bridgehead atoms. The summed E-state index contributed by atoms with van der Waals surface area (Å²) < 4.78 is 3.66. The number of aromatic nitrogens is 4. The SMILES string of the molecule is CN(CC[N+](C)(C)[O-])c1nc2c(c(=O)n(C)c(=O)n2C)n1C. The van der Waals surface area contributed by atoms with Crippen molar-refractivity contribution in [2.75, 3.05) is 39.1 Å². The first-order chi connectivity index (χ1) is 10.0. The number of imidazole rings is 1. The van der Waals surface area contributed by atoms with E-state index in [1.807, 2.05) is 4.90 Å². The lowest BCUT2D eigenvalue weighted by atomic mass is 10.5. The van der Waals surface area contributed by atoms with Gasteiger partial charge in [-0.25, -0.2) is 4.79 Å². The van der Waals surface area contributed by atoms with Crippen LogP contribution in [0.4, 0.5) is 5.95 Å². The Labute approximate surface area is 127 Å². The van der Waals surface area contributed by atoms with Crippen molar-refractivity contribution in [1.82, 2.24) is 18.7 Å². The highest BCUT2D eigenvalue weighted by atomic mass is 16.5. The second-order valence-corrected chi connectivity index (χ2v) is 6.07. The molecule has 0 fully saturated rings. The lowest BCUT2D eigenvalue weighted by Crippen LogP contribution is -2.40. The van der Waals surface area contributed by atoms with Crippen LogP contribution in [0.1, 0.15) is 0 Å². The molecular formula is C13H22N6O3. The van der Waals surface area contributed by atoms with Crippen molar-refractivity contribution in [3.8, 4) is 0 Å². The van der Waals surface area contributed by atoms with Gasteiger partial charge in [-0.3, -0.25) is 13.9 Å². The van der Waals surface area contributed by atoms with Crippen LogP contribution in [-0.4, -0.2) is 57.6 Å². The minimum atomic E-state index is -0.415. The Hall–Kier alpha value is -2.13. The molecule has 0 spiro atoms. The molecule has 0 aliphatic heterocycles. The number of nitrogens with zero attached hydrogens (tertiary/aromatic N) is 6. The Bertz CT molecular complexity index is 823. The van der Waals surface area contributed by atoms with E-state index in [2.05, 4.69) is 4.98 Å². The Morgan fingerprint density at radius 1 is 1.14 bits per heavy atom. The molecule has 0 aliphatic carbocycles. The van der Waals surface area contributed by atoms with Crippen LogP contribution in [0, 0.1) is 5.21 Å². The Balaban J connectivity index is 2.56. The van der Waals surface area contributed by atoms with Crippen LogP contribution in [0.15, 0.2) is 9.59 Å². The van der Waals surface area contributed by atoms with E-state index in [1.165, 1.54) is 11.6 Å². The van der Waals surface area contributed by atoms with Crippen LogP contribution < -0.4 is 16.1 Å². The first-order valence-corrected chi connectivity index (χ1v) is 6.92. The third-order valence-corrected chi connectivity index (χ3v) is 3.77. The monoisotopic (exact) mass is 310 g/mol. The third-order valence-electron chi connectivity index (χ3n) is 3.77. The van der Waals surface area contributed by atoms with E-state index in [0.29, 0.717) is 30.2 Å². The highest BCUT2D eigenvalue weighted by molar-refractivity contribution is 5.74. The number of anilines is 1. The molecule has 22 heavy (non-hydrogen) atoms. The molecule has 0 N–H and O–H groups in total. The van der Waals surface area contributed by atoms with Crippen LogP contribution in [0.2, 0.25) is 0 Å². The molecule has 2 rings (SSSR count). The van der Waals surface area contributed by atoms with Gasteiger partial charge >= 0.3 is 5.69 Å². The van der Waals surface area contributed by atoms with E-state index in [-0.39, 0.29) is 5.56 Å². The zero-order valence-electron chi connectivity index (χ0n) is 13.8. The fraction of sp³-hybridized carbons (Fsp3) is 0.615. The van der Waals surface area contributed by atoms with Gasteiger partial charge in [0.05, 0.1) is 27.2 Å². The van der Waals surface area contributed by atoms with Gasteiger partial charge in [-0.1, -0.05) is 0 Å². The maximum atomic E-state index is 12.3. The summed E-state index contributed by atoms with van der Waals surface area (Å²) in [5, 5.41) is 11.7. The summed E-state index contributed by atoms with van der Waals surface area (Å²) >= 11 is 0. The lowest BCUT2D eigenvalue weighted by molar-refractivity contribution is -0.838. The number of rotatable bonds is 4. The molecule has 0 radical (unpaired) electrons. The smallest absolute Gasteiger partial charge is 0.332 e. The lowest BCUT2D eigenvalue weighted by Gasteiger charge is -2.35. The van der Waals surface area contributed by atoms with Gasteiger partial charge in [0.1, 0.15) is 0 Å².